The summed E-state index contributed by atoms with van der Waals surface area (Å²) in [7, 11) is 0. The van der Waals surface area contributed by atoms with Gasteiger partial charge in [0.2, 0.25) is 5.91 Å². The van der Waals surface area contributed by atoms with E-state index in [9.17, 15) is 9.59 Å². The molecule has 1 aliphatic rings. The summed E-state index contributed by atoms with van der Waals surface area (Å²) in [5, 5.41) is 0. The van der Waals surface area contributed by atoms with Gasteiger partial charge >= 0.3 is 0 Å². The standard InChI is InChI=1S/C19H22BrN3O2/c1-15-11-21(12-16-5-3-2-4-6-16)9-10-23(15)19(25)14-22-13-17(20)7-8-18(22)24/h2-8,13,15H,9-12,14H2,1H3. The highest BCUT2D eigenvalue weighted by molar-refractivity contribution is 9.10. The van der Waals surface area contributed by atoms with Gasteiger partial charge in [0.15, 0.2) is 0 Å². The van der Waals surface area contributed by atoms with Gasteiger partial charge in [-0.3, -0.25) is 14.5 Å². The first-order valence-corrected chi connectivity index (χ1v) is 9.24. The lowest BCUT2D eigenvalue weighted by Gasteiger charge is -2.40. The van der Waals surface area contributed by atoms with E-state index < -0.39 is 0 Å². The molecule has 0 saturated carbocycles. The van der Waals surface area contributed by atoms with Crippen molar-refractivity contribution in [3.05, 3.63) is 69.1 Å². The molecule has 0 spiro atoms. The Morgan fingerprint density at radius 3 is 2.64 bits per heavy atom. The number of aromatic nitrogens is 1. The molecule has 3 rings (SSSR count). The summed E-state index contributed by atoms with van der Waals surface area (Å²) in [4.78, 5) is 28.8. The minimum atomic E-state index is -0.160. The molecule has 0 bridgehead atoms. The predicted molar refractivity (Wildman–Crippen MR) is 101 cm³/mol. The molecule has 5 nitrogen and oxygen atoms in total. The molecule has 1 aromatic carbocycles. The fourth-order valence-corrected chi connectivity index (χ4v) is 3.63. The van der Waals surface area contributed by atoms with Gasteiger partial charge in [-0.1, -0.05) is 30.3 Å². The summed E-state index contributed by atoms with van der Waals surface area (Å²) in [6.45, 7) is 5.43. The number of benzene rings is 1. The fraction of sp³-hybridized carbons (Fsp3) is 0.368. The van der Waals surface area contributed by atoms with Crippen LogP contribution in [0.15, 0.2) is 57.9 Å². The minimum Gasteiger partial charge on any atom is -0.336 e. The van der Waals surface area contributed by atoms with Gasteiger partial charge in [-0.05, 0) is 34.5 Å². The smallest absolute Gasteiger partial charge is 0.251 e. The molecule has 2 aromatic rings. The molecule has 0 aliphatic carbocycles. The topological polar surface area (TPSA) is 45.5 Å². The van der Waals surface area contributed by atoms with Crippen molar-refractivity contribution >= 4 is 21.8 Å². The first-order chi connectivity index (χ1) is 12.0. The molecule has 1 amide bonds. The number of carbonyl (C=O) groups is 1. The van der Waals surface area contributed by atoms with Gasteiger partial charge < -0.3 is 9.47 Å². The molecular formula is C19H22BrN3O2. The van der Waals surface area contributed by atoms with Gasteiger partial charge in [0.1, 0.15) is 6.54 Å². The maximum absolute atomic E-state index is 12.6. The summed E-state index contributed by atoms with van der Waals surface area (Å²) in [6.07, 6.45) is 1.66. The van der Waals surface area contributed by atoms with Crippen LogP contribution in [0.1, 0.15) is 12.5 Å². The summed E-state index contributed by atoms with van der Waals surface area (Å²) >= 11 is 3.34. The number of amides is 1. The molecule has 25 heavy (non-hydrogen) atoms. The van der Waals surface area contributed by atoms with Crippen LogP contribution in [0.5, 0.6) is 0 Å². The number of hydrogen-bond donors (Lipinski definition) is 0. The van der Waals surface area contributed by atoms with Gasteiger partial charge in [0.05, 0.1) is 0 Å². The molecule has 1 unspecified atom stereocenters. The Labute approximate surface area is 156 Å². The van der Waals surface area contributed by atoms with E-state index in [1.807, 2.05) is 23.1 Å². The Hall–Kier alpha value is -1.92. The van der Waals surface area contributed by atoms with Crippen molar-refractivity contribution in [3.63, 3.8) is 0 Å². The second kappa shape index (κ2) is 7.97. The Kier molecular flexibility index (Phi) is 5.71. The zero-order valence-corrected chi connectivity index (χ0v) is 15.9. The van der Waals surface area contributed by atoms with Gasteiger partial charge in [-0.25, -0.2) is 0 Å². The van der Waals surface area contributed by atoms with E-state index in [1.54, 1.807) is 12.3 Å². The Morgan fingerprint density at radius 2 is 1.92 bits per heavy atom. The molecule has 0 N–H and O–H groups in total. The average Bonchev–Trinajstić information content (AvgIpc) is 2.59. The highest BCUT2D eigenvalue weighted by atomic mass is 79.9. The van der Waals surface area contributed by atoms with E-state index in [0.29, 0.717) is 6.54 Å². The third-order valence-electron chi connectivity index (χ3n) is 4.53. The van der Waals surface area contributed by atoms with Gasteiger partial charge in [-0.15, -0.1) is 0 Å². The normalized spacial score (nSPS) is 18.3. The number of hydrogen-bond acceptors (Lipinski definition) is 3. The van der Waals surface area contributed by atoms with Gasteiger partial charge in [0, 0.05) is 49.0 Å². The van der Waals surface area contributed by atoms with E-state index in [1.165, 1.54) is 16.2 Å². The number of nitrogens with zero attached hydrogens (tertiary/aromatic N) is 3. The second-order valence-corrected chi connectivity index (χ2v) is 7.39. The van der Waals surface area contributed by atoms with Crippen LogP contribution in [0, 0.1) is 0 Å². The van der Waals surface area contributed by atoms with E-state index in [0.717, 1.165) is 24.1 Å². The van der Waals surface area contributed by atoms with E-state index in [-0.39, 0.29) is 24.1 Å². The van der Waals surface area contributed by atoms with Crippen LogP contribution in [0.2, 0.25) is 0 Å². The summed E-state index contributed by atoms with van der Waals surface area (Å²) in [5.74, 6) is -0.00735. The minimum absolute atomic E-state index is 0.00735. The van der Waals surface area contributed by atoms with Crippen molar-refractivity contribution in [1.82, 2.24) is 14.4 Å². The Morgan fingerprint density at radius 1 is 1.16 bits per heavy atom. The number of carbonyl (C=O) groups excluding carboxylic acids is 1. The van der Waals surface area contributed by atoms with Crippen molar-refractivity contribution < 1.29 is 4.79 Å². The van der Waals surface area contributed by atoms with Crippen molar-refractivity contribution in [2.75, 3.05) is 19.6 Å². The van der Waals surface area contributed by atoms with Crippen molar-refractivity contribution in [1.29, 1.82) is 0 Å². The van der Waals surface area contributed by atoms with Gasteiger partial charge in [-0.2, -0.15) is 0 Å². The largest absolute Gasteiger partial charge is 0.336 e. The van der Waals surface area contributed by atoms with Crippen molar-refractivity contribution in [2.24, 2.45) is 0 Å². The molecule has 1 saturated heterocycles. The molecule has 6 heteroatoms. The molecule has 132 valence electrons. The maximum Gasteiger partial charge on any atom is 0.251 e. The number of piperazine rings is 1. The zero-order chi connectivity index (χ0) is 17.8. The summed E-state index contributed by atoms with van der Waals surface area (Å²) in [6, 6.07) is 13.7. The molecule has 0 radical (unpaired) electrons. The maximum atomic E-state index is 12.6. The second-order valence-electron chi connectivity index (χ2n) is 6.47. The van der Waals surface area contributed by atoms with Crippen LogP contribution < -0.4 is 5.56 Å². The zero-order valence-electron chi connectivity index (χ0n) is 14.3. The first kappa shape index (κ1) is 17.9. The lowest BCUT2D eigenvalue weighted by atomic mass is 10.1. The number of rotatable bonds is 4. The average molecular weight is 404 g/mol. The van der Waals surface area contributed by atoms with E-state index in [2.05, 4.69) is 39.9 Å². The van der Waals surface area contributed by atoms with Crippen LogP contribution in [0.25, 0.3) is 0 Å². The fourth-order valence-electron chi connectivity index (χ4n) is 3.25. The first-order valence-electron chi connectivity index (χ1n) is 8.44. The van der Waals surface area contributed by atoms with Gasteiger partial charge in [0.25, 0.3) is 5.56 Å². The predicted octanol–water partition coefficient (Wildman–Crippen LogP) is 2.34. The molecule has 1 aromatic heterocycles. The molecular weight excluding hydrogens is 382 g/mol. The monoisotopic (exact) mass is 403 g/mol. The molecule has 1 aliphatic heterocycles. The summed E-state index contributed by atoms with van der Waals surface area (Å²) < 4.78 is 2.25. The van der Waals surface area contributed by atoms with E-state index in [4.69, 9.17) is 0 Å². The third kappa shape index (κ3) is 4.58. The lowest BCUT2D eigenvalue weighted by Crippen LogP contribution is -2.54. The van der Waals surface area contributed by atoms with Crippen LogP contribution in [-0.2, 0) is 17.9 Å². The molecule has 2 heterocycles. The molecule has 1 fully saturated rings. The van der Waals surface area contributed by atoms with Crippen LogP contribution >= 0.6 is 15.9 Å². The SMILES string of the molecule is CC1CN(Cc2ccccc2)CCN1C(=O)Cn1cc(Br)ccc1=O. The Bertz CT molecular complexity index is 791. The van der Waals surface area contributed by atoms with Crippen molar-refractivity contribution in [3.8, 4) is 0 Å². The highest BCUT2D eigenvalue weighted by Crippen LogP contribution is 2.14. The third-order valence-corrected chi connectivity index (χ3v) is 5.00. The highest BCUT2D eigenvalue weighted by Gasteiger charge is 2.27. The van der Waals surface area contributed by atoms with Crippen molar-refractivity contribution in [2.45, 2.75) is 26.1 Å². The van der Waals surface area contributed by atoms with Crippen LogP contribution in [-0.4, -0.2) is 46.0 Å². The quantitative estimate of drug-likeness (QED) is 0.786. The number of pyridine rings is 1. The van der Waals surface area contributed by atoms with Crippen LogP contribution in [0.3, 0.4) is 0 Å². The van der Waals surface area contributed by atoms with E-state index >= 15 is 0 Å². The number of halogens is 1. The summed E-state index contributed by atoms with van der Waals surface area (Å²) in [5.41, 5.74) is 1.13. The Balaban J connectivity index is 1.60. The van der Waals surface area contributed by atoms with Crippen LogP contribution in [0.4, 0.5) is 0 Å². The molecule has 1 atom stereocenters. The lowest BCUT2D eigenvalue weighted by molar-refractivity contribution is -0.136.